The highest BCUT2D eigenvalue weighted by molar-refractivity contribution is 6.29. The van der Waals surface area contributed by atoms with Crippen LogP contribution in [0.1, 0.15) is 36.0 Å². The highest BCUT2D eigenvalue weighted by Gasteiger charge is 2.47. The lowest BCUT2D eigenvalue weighted by molar-refractivity contribution is 0.0700. The summed E-state index contributed by atoms with van der Waals surface area (Å²) in [5.41, 5.74) is 10.4. The van der Waals surface area contributed by atoms with Crippen molar-refractivity contribution in [2.45, 2.75) is 44.3 Å². The Hall–Kier alpha value is -3.10. The molecule has 9 heteroatoms. The number of carbonyl (C=O) groups is 1. The fourth-order valence-corrected chi connectivity index (χ4v) is 6.44. The predicted octanol–water partition coefficient (Wildman–Crippen LogP) is 4.22. The maximum absolute atomic E-state index is 13.5. The first kappa shape index (κ1) is 22.1. The van der Waals surface area contributed by atoms with E-state index in [1.165, 1.54) is 12.8 Å². The molecule has 1 amide bonds. The number of nitrogens with zero attached hydrogens (tertiary/aromatic N) is 5. The van der Waals surface area contributed by atoms with Gasteiger partial charge in [-0.25, -0.2) is 9.97 Å². The van der Waals surface area contributed by atoms with Crippen LogP contribution in [0.15, 0.2) is 30.3 Å². The van der Waals surface area contributed by atoms with Crippen LogP contribution in [0.5, 0.6) is 5.75 Å². The summed E-state index contributed by atoms with van der Waals surface area (Å²) >= 11 is 6.26. The topological polar surface area (TPSA) is 91.2 Å². The third-order valence-electron chi connectivity index (χ3n) is 8.39. The van der Waals surface area contributed by atoms with Crippen molar-refractivity contribution < 1.29 is 9.53 Å². The van der Waals surface area contributed by atoms with Crippen LogP contribution in [0.2, 0.25) is 5.15 Å². The van der Waals surface area contributed by atoms with E-state index in [-0.39, 0.29) is 18.0 Å². The molecule has 4 heterocycles. The molecular formula is C27H29ClN6O2. The molecule has 2 aliphatic carbocycles. The number of fused-ring (bicyclic) bond motifs is 4. The number of likely N-dealkylation sites (tertiary alicyclic amines) is 1. The zero-order valence-electron chi connectivity index (χ0n) is 20.4. The number of rotatable bonds is 5. The van der Waals surface area contributed by atoms with E-state index in [0.717, 1.165) is 59.5 Å². The number of benzene rings is 1. The SMILES string of the molecule is COc1cc(C(=O)N2C[C@H]3CC[C@@H]2[C@@H]3N)cc2nc(-c3cc4ccc(Cl)nc4n3CC3CC3)n(C)c12. The normalized spacial score (nSPS) is 23.3. The second-order valence-corrected chi connectivity index (χ2v) is 11.0. The van der Waals surface area contributed by atoms with Gasteiger partial charge in [-0.1, -0.05) is 11.6 Å². The summed E-state index contributed by atoms with van der Waals surface area (Å²) in [6.45, 7) is 1.61. The van der Waals surface area contributed by atoms with Gasteiger partial charge in [-0.15, -0.1) is 0 Å². The fourth-order valence-electron chi connectivity index (χ4n) is 6.30. The number of imidazole rings is 1. The number of piperidine rings is 1. The number of aryl methyl sites for hydroxylation is 1. The van der Waals surface area contributed by atoms with Crippen LogP contribution in [0, 0.1) is 11.8 Å². The molecule has 0 unspecified atom stereocenters. The Kier molecular flexibility index (Phi) is 4.89. The van der Waals surface area contributed by atoms with E-state index < -0.39 is 0 Å². The minimum atomic E-state index is 0.00624. The molecule has 3 aliphatic rings. The summed E-state index contributed by atoms with van der Waals surface area (Å²) in [5, 5.41) is 1.51. The van der Waals surface area contributed by atoms with E-state index in [4.69, 9.17) is 27.1 Å². The number of carbonyl (C=O) groups excluding carboxylic acids is 1. The second-order valence-electron chi connectivity index (χ2n) is 10.6. The molecule has 36 heavy (non-hydrogen) atoms. The quantitative estimate of drug-likeness (QED) is 0.411. The molecule has 1 aliphatic heterocycles. The molecule has 1 saturated heterocycles. The largest absolute Gasteiger partial charge is 0.494 e. The Balaban J connectivity index is 1.35. The van der Waals surface area contributed by atoms with Gasteiger partial charge in [-0.3, -0.25) is 4.79 Å². The van der Waals surface area contributed by atoms with Gasteiger partial charge in [0.25, 0.3) is 5.91 Å². The molecule has 8 nitrogen and oxygen atoms in total. The van der Waals surface area contributed by atoms with E-state index in [9.17, 15) is 4.79 Å². The number of methoxy groups -OCH3 is 1. The average molecular weight is 505 g/mol. The fraction of sp³-hybridized carbons (Fsp3) is 0.444. The Morgan fingerprint density at radius 3 is 2.69 bits per heavy atom. The zero-order valence-corrected chi connectivity index (χ0v) is 21.2. The van der Waals surface area contributed by atoms with Crippen molar-refractivity contribution in [2.24, 2.45) is 24.6 Å². The Bertz CT molecular complexity index is 1540. The summed E-state index contributed by atoms with van der Waals surface area (Å²) < 4.78 is 10.1. The number of hydrogen-bond donors (Lipinski definition) is 1. The third-order valence-corrected chi connectivity index (χ3v) is 8.60. The van der Waals surface area contributed by atoms with E-state index in [1.807, 2.05) is 36.2 Å². The molecule has 0 radical (unpaired) electrons. The first-order valence-corrected chi connectivity index (χ1v) is 13.1. The van der Waals surface area contributed by atoms with Crippen LogP contribution >= 0.6 is 11.6 Å². The first-order valence-electron chi connectivity index (χ1n) is 12.7. The lowest BCUT2D eigenvalue weighted by Crippen LogP contribution is -2.41. The molecule has 2 N–H and O–H groups in total. The van der Waals surface area contributed by atoms with Crippen LogP contribution in [0.4, 0.5) is 0 Å². The number of halogens is 1. The Labute approximate surface area is 214 Å². The van der Waals surface area contributed by atoms with Gasteiger partial charge >= 0.3 is 0 Å². The van der Waals surface area contributed by atoms with Crippen molar-refractivity contribution in [1.82, 2.24) is 24.0 Å². The number of nitrogens with two attached hydrogens (primary N) is 1. The summed E-state index contributed by atoms with van der Waals surface area (Å²) in [5.74, 6) is 2.51. The van der Waals surface area contributed by atoms with Gasteiger partial charge in [-0.05, 0) is 67.9 Å². The lowest BCUT2D eigenvalue weighted by Gasteiger charge is -2.27. The van der Waals surface area contributed by atoms with Crippen molar-refractivity contribution in [1.29, 1.82) is 0 Å². The zero-order chi connectivity index (χ0) is 24.7. The molecule has 2 saturated carbocycles. The smallest absolute Gasteiger partial charge is 0.254 e. The number of ether oxygens (including phenoxy) is 1. The molecular weight excluding hydrogens is 476 g/mol. The lowest BCUT2D eigenvalue weighted by atomic mass is 10.1. The summed E-state index contributed by atoms with van der Waals surface area (Å²) in [4.78, 5) is 25.2. The number of pyridine rings is 1. The Morgan fingerprint density at radius 1 is 1.17 bits per heavy atom. The molecule has 3 atom stereocenters. The molecule has 186 valence electrons. The highest BCUT2D eigenvalue weighted by atomic mass is 35.5. The molecule has 7 rings (SSSR count). The number of amides is 1. The van der Waals surface area contributed by atoms with E-state index in [2.05, 4.69) is 20.2 Å². The maximum Gasteiger partial charge on any atom is 0.254 e. The van der Waals surface area contributed by atoms with Gasteiger partial charge in [0.15, 0.2) is 5.82 Å². The van der Waals surface area contributed by atoms with Gasteiger partial charge in [0, 0.05) is 43.2 Å². The van der Waals surface area contributed by atoms with Gasteiger partial charge in [0.1, 0.15) is 22.1 Å². The van der Waals surface area contributed by atoms with Crippen LogP contribution in [0.25, 0.3) is 33.6 Å². The minimum Gasteiger partial charge on any atom is -0.494 e. The predicted molar refractivity (Wildman–Crippen MR) is 139 cm³/mol. The molecule has 1 aromatic carbocycles. The van der Waals surface area contributed by atoms with Gasteiger partial charge < -0.3 is 24.5 Å². The van der Waals surface area contributed by atoms with Crippen LogP contribution in [-0.2, 0) is 13.6 Å². The minimum absolute atomic E-state index is 0.00624. The standard InChI is InChI=1S/C27H29ClN6O2/c1-32-24-18(9-17(11-21(24)36-2)27(35)34-13-16-5-7-19(34)23(16)29)30-26(32)20-10-15-6-8-22(28)31-25(15)33(20)12-14-3-4-14/h6,8-11,14,16,19,23H,3-5,7,12-13,29H2,1-2H3/t16-,19-,23-/m1/s1. The molecule has 3 aromatic heterocycles. The summed E-state index contributed by atoms with van der Waals surface area (Å²) in [7, 11) is 3.63. The molecule has 2 bridgehead atoms. The van der Waals surface area contributed by atoms with Crippen LogP contribution < -0.4 is 10.5 Å². The number of hydrogen-bond acceptors (Lipinski definition) is 5. The first-order chi connectivity index (χ1) is 17.4. The van der Waals surface area contributed by atoms with Gasteiger partial charge in [-0.2, -0.15) is 0 Å². The van der Waals surface area contributed by atoms with Crippen molar-refractivity contribution in [3.63, 3.8) is 0 Å². The van der Waals surface area contributed by atoms with Gasteiger partial charge in [0.2, 0.25) is 0 Å². The van der Waals surface area contributed by atoms with Crippen molar-refractivity contribution in [3.05, 3.63) is 41.0 Å². The van der Waals surface area contributed by atoms with E-state index >= 15 is 0 Å². The summed E-state index contributed by atoms with van der Waals surface area (Å²) in [6, 6.07) is 9.90. The van der Waals surface area contributed by atoms with Crippen LogP contribution in [0.3, 0.4) is 0 Å². The Morgan fingerprint density at radius 2 is 2.00 bits per heavy atom. The van der Waals surface area contributed by atoms with Crippen molar-refractivity contribution in [2.75, 3.05) is 13.7 Å². The highest BCUT2D eigenvalue weighted by Crippen LogP contribution is 2.40. The van der Waals surface area contributed by atoms with Crippen LogP contribution in [-0.4, -0.2) is 55.6 Å². The monoisotopic (exact) mass is 504 g/mol. The van der Waals surface area contributed by atoms with Crippen molar-refractivity contribution in [3.8, 4) is 17.3 Å². The number of aromatic nitrogens is 4. The second kappa shape index (κ2) is 7.95. The van der Waals surface area contributed by atoms with Gasteiger partial charge in [0.05, 0.1) is 18.3 Å². The molecule has 0 spiro atoms. The van der Waals surface area contributed by atoms with Crippen molar-refractivity contribution >= 4 is 39.6 Å². The third kappa shape index (κ3) is 3.27. The summed E-state index contributed by atoms with van der Waals surface area (Å²) in [6.07, 6.45) is 4.54. The average Bonchev–Trinajstić information content (AvgIpc) is 3.29. The van der Waals surface area contributed by atoms with E-state index in [1.54, 1.807) is 7.11 Å². The maximum atomic E-state index is 13.5. The molecule has 3 fully saturated rings. The molecule has 4 aromatic rings. The van der Waals surface area contributed by atoms with E-state index in [0.29, 0.717) is 28.3 Å².